The summed E-state index contributed by atoms with van der Waals surface area (Å²) in [4.78, 5) is 3.86. The number of nitrogen functional groups attached to an aromatic ring is 1. The van der Waals surface area contributed by atoms with E-state index >= 15 is 0 Å². The highest BCUT2D eigenvalue weighted by Gasteiger charge is 2.29. The molecule has 1 rings (SSSR count). The highest BCUT2D eigenvalue weighted by atomic mass is 31.2. The van der Waals surface area contributed by atoms with Crippen LogP contribution in [0.5, 0.6) is 0 Å². The number of nitrogens with two attached hydrogens (primary N) is 1. The second-order valence-corrected chi connectivity index (χ2v) is 4.73. The van der Waals surface area contributed by atoms with Gasteiger partial charge in [-0.15, -0.1) is 0 Å². The van der Waals surface area contributed by atoms with Crippen LogP contribution in [0.2, 0.25) is 0 Å². The van der Waals surface area contributed by atoms with Gasteiger partial charge in [-0.1, -0.05) is 0 Å². The highest BCUT2D eigenvalue weighted by molar-refractivity contribution is 7.62. The molecule has 15 heavy (non-hydrogen) atoms. The van der Waals surface area contributed by atoms with E-state index in [4.69, 9.17) is 14.8 Å². The van der Waals surface area contributed by atoms with Gasteiger partial charge in [0.2, 0.25) is 0 Å². The Morgan fingerprint density at radius 3 is 2.47 bits per heavy atom. The molecule has 1 aromatic rings. The fraction of sp³-hybridized carbons (Fsp3) is 0.444. The van der Waals surface area contributed by atoms with Gasteiger partial charge in [-0.2, -0.15) is 0 Å². The summed E-state index contributed by atoms with van der Waals surface area (Å²) in [6, 6.07) is 3.25. The molecular weight excluding hydrogens is 215 g/mol. The third-order valence-corrected chi connectivity index (χ3v) is 3.87. The van der Waals surface area contributed by atoms with Gasteiger partial charge in [0.15, 0.2) is 0 Å². The molecule has 84 valence electrons. The first kappa shape index (κ1) is 12.2. The molecular formula is C9H15N2O3P. The molecule has 1 aromatic heterocycles. The number of aromatic nitrogens is 1. The second kappa shape index (κ2) is 5.26. The Balaban J connectivity index is 3.09. The molecule has 6 heteroatoms. The van der Waals surface area contributed by atoms with Crippen LogP contribution in [0, 0.1) is 0 Å². The minimum atomic E-state index is -3.30. The molecule has 0 bridgehead atoms. The molecule has 0 saturated heterocycles. The van der Waals surface area contributed by atoms with Crippen molar-refractivity contribution in [2.45, 2.75) is 13.8 Å². The smallest absolute Gasteiger partial charge is 0.365 e. The Morgan fingerprint density at radius 2 is 2.00 bits per heavy atom. The molecule has 0 fully saturated rings. The van der Waals surface area contributed by atoms with Gasteiger partial charge in [0.25, 0.3) is 0 Å². The molecule has 0 aliphatic heterocycles. The van der Waals surface area contributed by atoms with E-state index in [1.165, 1.54) is 6.20 Å². The molecule has 0 aliphatic carbocycles. The first-order chi connectivity index (χ1) is 7.14. The highest BCUT2D eigenvalue weighted by Crippen LogP contribution is 2.47. The predicted molar refractivity (Wildman–Crippen MR) is 59.1 cm³/mol. The van der Waals surface area contributed by atoms with E-state index in [1.54, 1.807) is 26.0 Å². The summed E-state index contributed by atoms with van der Waals surface area (Å²) in [5.41, 5.74) is 5.62. The maximum absolute atomic E-state index is 12.3. The Kier molecular flexibility index (Phi) is 4.27. The predicted octanol–water partition coefficient (Wildman–Crippen LogP) is 1.56. The third-order valence-electron chi connectivity index (χ3n) is 1.71. The fourth-order valence-corrected chi connectivity index (χ4v) is 2.80. The van der Waals surface area contributed by atoms with E-state index in [-0.39, 0.29) is 5.82 Å². The van der Waals surface area contributed by atoms with Crippen molar-refractivity contribution in [1.29, 1.82) is 0 Å². The van der Waals surface area contributed by atoms with E-state index in [0.717, 1.165) is 0 Å². The average molecular weight is 230 g/mol. The van der Waals surface area contributed by atoms with Gasteiger partial charge in [-0.3, -0.25) is 4.57 Å². The van der Waals surface area contributed by atoms with Gasteiger partial charge in [0, 0.05) is 6.20 Å². The summed E-state index contributed by atoms with van der Waals surface area (Å²) in [6.45, 7) is 4.09. The summed E-state index contributed by atoms with van der Waals surface area (Å²) in [6.07, 6.45) is 1.53. The second-order valence-electron chi connectivity index (χ2n) is 2.74. The molecule has 0 unspecified atom stereocenters. The Bertz CT molecular complexity index is 360. The molecule has 0 atom stereocenters. The monoisotopic (exact) mass is 230 g/mol. The van der Waals surface area contributed by atoms with Crippen molar-refractivity contribution >= 4 is 18.7 Å². The lowest BCUT2D eigenvalue weighted by molar-refractivity contribution is 0.230. The number of hydrogen-bond donors (Lipinski definition) is 1. The Labute approximate surface area is 89.1 Å². The van der Waals surface area contributed by atoms with Crippen LogP contribution in [0.1, 0.15) is 13.8 Å². The van der Waals surface area contributed by atoms with Crippen LogP contribution in [0.3, 0.4) is 0 Å². The van der Waals surface area contributed by atoms with Crippen LogP contribution in [-0.2, 0) is 13.6 Å². The van der Waals surface area contributed by atoms with Crippen molar-refractivity contribution < 1.29 is 13.6 Å². The van der Waals surface area contributed by atoms with Crippen LogP contribution >= 0.6 is 7.60 Å². The van der Waals surface area contributed by atoms with Crippen molar-refractivity contribution in [3.05, 3.63) is 18.3 Å². The van der Waals surface area contributed by atoms with Crippen molar-refractivity contribution in [3.8, 4) is 0 Å². The lowest BCUT2D eigenvalue weighted by Crippen LogP contribution is -2.16. The van der Waals surface area contributed by atoms with E-state index in [1.807, 2.05) is 0 Å². The number of hydrogen-bond acceptors (Lipinski definition) is 5. The molecule has 0 spiro atoms. The number of anilines is 1. The molecule has 0 amide bonds. The van der Waals surface area contributed by atoms with Gasteiger partial charge in [0.1, 0.15) is 11.1 Å². The van der Waals surface area contributed by atoms with Crippen LogP contribution in [0.4, 0.5) is 5.82 Å². The van der Waals surface area contributed by atoms with Gasteiger partial charge in [-0.05, 0) is 26.0 Å². The van der Waals surface area contributed by atoms with Gasteiger partial charge in [0.05, 0.1) is 13.2 Å². The third kappa shape index (κ3) is 2.78. The Morgan fingerprint density at radius 1 is 1.40 bits per heavy atom. The molecule has 0 saturated carbocycles. The maximum Gasteiger partial charge on any atom is 0.365 e. The summed E-state index contributed by atoms with van der Waals surface area (Å²) in [7, 11) is -3.30. The van der Waals surface area contributed by atoms with Crippen molar-refractivity contribution in [2.75, 3.05) is 18.9 Å². The SMILES string of the molecule is CCOP(=O)(OCC)c1cccnc1N. The minimum absolute atomic E-state index is 0.183. The van der Waals surface area contributed by atoms with Crippen LogP contribution in [-0.4, -0.2) is 18.2 Å². The van der Waals surface area contributed by atoms with E-state index in [2.05, 4.69) is 4.98 Å². The maximum atomic E-state index is 12.3. The van der Waals surface area contributed by atoms with Crippen LogP contribution in [0.15, 0.2) is 18.3 Å². The normalized spacial score (nSPS) is 11.6. The van der Waals surface area contributed by atoms with Crippen LogP contribution in [0.25, 0.3) is 0 Å². The number of pyridine rings is 1. The van der Waals surface area contributed by atoms with Crippen molar-refractivity contribution in [2.24, 2.45) is 0 Å². The van der Waals surface area contributed by atoms with E-state index in [9.17, 15) is 4.57 Å². The first-order valence-electron chi connectivity index (χ1n) is 4.74. The molecule has 5 nitrogen and oxygen atoms in total. The van der Waals surface area contributed by atoms with E-state index < -0.39 is 7.60 Å². The van der Waals surface area contributed by atoms with Crippen LogP contribution < -0.4 is 11.0 Å². The van der Waals surface area contributed by atoms with Crippen molar-refractivity contribution in [1.82, 2.24) is 4.98 Å². The summed E-state index contributed by atoms with van der Waals surface area (Å²) in [5, 5.41) is 0.328. The Hall–Kier alpha value is -0.900. The average Bonchev–Trinajstić information content (AvgIpc) is 2.19. The number of nitrogens with zero attached hydrogens (tertiary/aromatic N) is 1. The minimum Gasteiger partial charge on any atom is -0.383 e. The molecule has 0 aromatic carbocycles. The summed E-state index contributed by atoms with van der Waals surface area (Å²) < 4.78 is 22.6. The zero-order valence-electron chi connectivity index (χ0n) is 8.84. The zero-order chi connectivity index (χ0) is 11.3. The molecule has 2 N–H and O–H groups in total. The molecule has 1 heterocycles. The topological polar surface area (TPSA) is 74.4 Å². The largest absolute Gasteiger partial charge is 0.383 e. The van der Waals surface area contributed by atoms with Crippen molar-refractivity contribution in [3.63, 3.8) is 0 Å². The van der Waals surface area contributed by atoms with E-state index in [0.29, 0.717) is 18.5 Å². The standard InChI is InChI=1S/C9H15N2O3P/c1-3-13-15(12,14-4-2)8-6-5-7-11-9(8)10/h5-7H,3-4H2,1-2H3,(H2,10,11). The molecule has 0 aliphatic rings. The van der Waals surface area contributed by atoms with Gasteiger partial charge >= 0.3 is 7.60 Å². The van der Waals surface area contributed by atoms with Gasteiger partial charge in [-0.25, -0.2) is 4.98 Å². The quantitative estimate of drug-likeness (QED) is 0.777. The number of rotatable bonds is 5. The van der Waals surface area contributed by atoms with Gasteiger partial charge < -0.3 is 14.8 Å². The molecule has 0 radical (unpaired) electrons. The fourth-order valence-electron chi connectivity index (χ4n) is 1.16. The summed E-state index contributed by atoms with van der Waals surface area (Å²) in [5.74, 6) is 0.183. The lowest BCUT2D eigenvalue weighted by Gasteiger charge is -2.17. The zero-order valence-corrected chi connectivity index (χ0v) is 9.74. The summed E-state index contributed by atoms with van der Waals surface area (Å²) >= 11 is 0. The first-order valence-corrected chi connectivity index (χ1v) is 6.28. The lowest BCUT2D eigenvalue weighted by atomic mass is 10.5.